The third kappa shape index (κ3) is 2.01. The van der Waals surface area contributed by atoms with Crippen LogP contribution in [-0.4, -0.2) is 6.61 Å². The highest BCUT2D eigenvalue weighted by molar-refractivity contribution is 6.30. The maximum atomic E-state index is 13.3. The minimum Gasteiger partial charge on any atom is -0.493 e. The molecule has 0 saturated heterocycles. The van der Waals surface area contributed by atoms with Crippen molar-refractivity contribution in [1.82, 2.24) is 0 Å². The van der Waals surface area contributed by atoms with Gasteiger partial charge >= 0.3 is 0 Å². The van der Waals surface area contributed by atoms with Crippen molar-refractivity contribution < 1.29 is 9.13 Å². The summed E-state index contributed by atoms with van der Waals surface area (Å²) in [6, 6.07) is 3.26. The second-order valence-corrected chi connectivity index (χ2v) is 4.15. The molecular weight excluding hydrogens is 203 g/mol. The molecule has 0 aromatic heterocycles. The zero-order chi connectivity index (χ0) is 10.1. The van der Waals surface area contributed by atoms with Crippen LogP contribution in [0.1, 0.15) is 18.4 Å². The van der Waals surface area contributed by atoms with Gasteiger partial charge in [0.25, 0.3) is 0 Å². The van der Waals surface area contributed by atoms with Crippen molar-refractivity contribution in [2.75, 3.05) is 6.61 Å². The number of hydrogen-bond donors (Lipinski definition) is 0. The normalized spacial score (nSPS) is 15.6. The van der Waals surface area contributed by atoms with Crippen molar-refractivity contribution in [3.8, 4) is 5.75 Å². The second kappa shape index (κ2) is 3.77. The Morgan fingerprint density at radius 2 is 2.21 bits per heavy atom. The van der Waals surface area contributed by atoms with Gasteiger partial charge in [-0.15, -0.1) is 0 Å². The molecule has 2 rings (SSSR count). The SMILES string of the molecule is Cc1c(OCC2CC2)ccc(Cl)c1F. The zero-order valence-corrected chi connectivity index (χ0v) is 8.77. The van der Waals surface area contributed by atoms with E-state index in [1.807, 2.05) is 0 Å². The van der Waals surface area contributed by atoms with Crippen LogP contribution >= 0.6 is 11.6 Å². The first-order valence-corrected chi connectivity index (χ1v) is 5.13. The molecule has 0 radical (unpaired) electrons. The molecule has 0 spiro atoms. The van der Waals surface area contributed by atoms with Crippen LogP contribution in [0.25, 0.3) is 0 Å². The van der Waals surface area contributed by atoms with Crippen molar-refractivity contribution in [3.05, 3.63) is 28.5 Å². The lowest BCUT2D eigenvalue weighted by Gasteiger charge is -2.09. The highest BCUT2D eigenvalue weighted by atomic mass is 35.5. The number of hydrogen-bond acceptors (Lipinski definition) is 1. The quantitative estimate of drug-likeness (QED) is 0.748. The molecule has 1 nitrogen and oxygen atoms in total. The maximum Gasteiger partial charge on any atom is 0.148 e. The summed E-state index contributed by atoms with van der Waals surface area (Å²) < 4.78 is 18.8. The predicted octanol–water partition coefficient (Wildman–Crippen LogP) is 3.58. The lowest BCUT2D eigenvalue weighted by molar-refractivity contribution is 0.296. The van der Waals surface area contributed by atoms with E-state index in [1.54, 1.807) is 13.0 Å². The molecule has 0 N–H and O–H groups in total. The molecule has 1 aromatic rings. The summed E-state index contributed by atoms with van der Waals surface area (Å²) in [5, 5.41) is 0.154. The standard InChI is InChI=1S/C11H12ClFO/c1-7-10(14-6-8-2-3-8)5-4-9(12)11(7)13/h4-5,8H,2-3,6H2,1H3. The molecular formula is C11H12ClFO. The van der Waals surface area contributed by atoms with E-state index in [0.29, 0.717) is 23.8 Å². The molecule has 0 amide bonds. The fourth-order valence-electron chi connectivity index (χ4n) is 1.28. The Morgan fingerprint density at radius 1 is 1.50 bits per heavy atom. The predicted molar refractivity (Wildman–Crippen MR) is 54.4 cm³/mol. The van der Waals surface area contributed by atoms with Gasteiger partial charge in [-0.1, -0.05) is 11.6 Å². The van der Waals surface area contributed by atoms with E-state index in [0.717, 1.165) is 0 Å². The molecule has 1 fully saturated rings. The van der Waals surface area contributed by atoms with Gasteiger partial charge in [-0.25, -0.2) is 4.39 Å². The number of benzene rings is 1. The van der Waals surface area contributed by atoms with Crippen molar-refractivity contribution >= 4 is 11.6 Å². The summed E-state index contributed by atoms with van der Waals surface area (Å²) in [7, 11) is 0. The molecule has 1 saturated carbocycles. The van der Waals surface area contributed by atoms with Crippen LogP contribution in [0.15, 0.2) is 12.1 Å². The van der Waals surface area contributed by atoms with Gasteiger partial charge < -0.3 is 4.74 Å². The van der Waals surface area contributed by atoms with Crippen LogP contribution in [-0.2, 0) is 0 Å². The van der Waals surface area contributed by atoms with Gasteiger partial charge in [-0.05, 0) is 37.8 Å². The lowest BCUT2D eigenvalue weighted by atomic mass is 10.2. The molecule has 0 aliphatic heterocycles. The van der Waals surface area contributed by atoms with E-state index in [9.17, 15) is 4.39 Å². The Labute approximate surface area is 87.8 Å². The summed E-state index contributed by atoms with van der Waals surface area (Å²) in [4.78, 5) is 0. The van der Waals surface area contributed by atoms with Crippen LogP contribution in [0.2, 0.25) is 5.02 Å². The molecule has 0 unspecified atom stereocenters. The van der Waals surface area contributed by atoms with Gasteiger partial charge in [0.2, 0.25) is 0 Å². The van der Waals surface area contributed by atoms with E-state index in [-0.39, 0.29) is 10.8 Å². The van der Waals surface area contributed by atoms with Gasteiger partial charge in [-0.3, -0.25) is 0 Å². The van der Waals surface area contributed by atoms with Gasteiger partial charge in [0.15, 0.2) is 0 Å². The first-order chi connectivity index (χ1) is 6.68. The fourth-order valence-corrected chi connectivity index (χ4v) is 1.49. The van der Waals surface area contributed by atoms with E-state index < -0.39 is 0 Å². The Kier molecular flexibility index (Phi) is 2.64. The van der Waals surface area contributed by atoms with Gasteiger partial charge in [-0.2, -0.15) is 0 Å². The van der Waals surface area contributed by atoms with Crippen LogP contribution in [0.5, 0.6) is 5.75 Å². The summed E-state index contributed by atoms with van der Waals surface area (Å²) in [6.07, 6.45) is 2.46. The Bertz CT molecular complexity index is 347. The summed E-state index contributed by atoms with van der Waals surface area (Å²) in [6.45, 7) is 2.38. The van der Waals surface area contributed by atoms with Crippen LogP contribution in [0, 0.1) is 18.7 Å². The third-order valence-electron chi connectivity index (χ3n) is 2.46. The molecule has 0 heterocycles. The van der Waals surface area contributed by atoms with Gasteiger partial charge in [0, 0.05) is 5.56 Å². The second-order valence-electron chi connectivity index (χ2n) is 3.74. The summed E-state index contributed by atoms with van der Waals surface area (Å²) in [5.74, 6) is 0.909. The highest BCUT2D eigenvalue weighted by Crippen LogP contribution is 2.31. The Hall–Kier alpha value is -0.760. The number of rotatable bonds is 3. The van der Waals surface area contributed by atoms with Crippen LogP contribution in [0.4, 0.5) is 4.39 Å². The molecule has 76 valence electrons. The van der Waals surface area contributed by atoms with Crippen molar-refractivity contribution in [2.24, 2.45) is 5.92 Å². The number of halogens is 2. The zero-order valence-electron chi connectivity index (χ0n) is 8.02. The van der Waals surface area contributed by atoms with Crippen molar-refractivity contribution in [1.29, 1.82) is 0 Å². The first kappa shape index (κ1) is 9.78. The third-order valence-corrected chi connectivity index (χ3v) is 2.75. The Morgan fingerprint density at radius 3 is 2.86 bits per heavy atom. The van der Waals surface area contributed by atoms with Gasteiger partial charge in [0.1, 0.15) is 11.6 Å². The topological polar surface area (TPSA) is 9.23 Å². The summed E-state index contributed by atoms with van der Waals surface area (Å²) in [5.41, 5.74) is 0.498. The average molecular weight is 215 g/mol. The van der Waals surface area contributed by atoms with Crippen LogP contribution < -0.4 is 4.74 Å². The van der Waals surface area contributed by atoms with E-state index >= 15 is 0 Å². The molecule has 1 aliphatic carbocycles. The minimum absolute atomic E-state index is 0.154. The molecule has 14 heavy (non-hydrogen) atoms. The fraction of sp³-hybridized carbons (Fsp3) is 0.455. The van der Waals surface area contributed by atoms with Crippen LogP contribution in [0.3, 0.4) is 0 Å². The van der Waals surface area contributed by atoms with E-state index in [2.05, 4.69) is 0 Å². The van der Waals surface area contributed by atoms with E-state index in [1.165, 1.54) is 18.9 Å². The average Bonchev–Trinajstić information content (AvgIpc) is 2.97. The minimum atomic E-state index is -0.375. The molecule has 1 aliphatic rings. The van der Waals surface area contributed by atoms with Crippen molar-refractivity contribution in [2.45, 2.75) is 19.8 Å². The van der Waals surface area contributed by atoms with Gasteiger partial charge in [0.05, 0.1) is 11.6 Å². The summed E-state index contributed by atoms with van der Waals surface area (Å²) >= 11 is 5.63. The maximum absolute atomic E-state index is 13.3. The van der Waals surface area contributed by atoms with Crippen molar-refractivity contribution in [3.63, 3.8) is 0 Å². The molecule has 1 aromatic carbocycles. The molecule has 0 atom stereocenters. The largest absolute Gasteiger partial charge is 0.493 e. The van der Waals surface area contributed by atoms with E-state index in [4.69, 9.17) is 16.3 Å². The number of ether oxygens (including phenoxy) is 1. The smallest absolute Gasteiger partial charge is 0.148 e. The highest BCUT2D eigenvalue weighted by Gasteiger charge is 2.22. The lowest BCUT2D eigenvalue weighted by Crippen LogP contribution is -2.01. The first-order valence-electron chi connectivity index (χ1n) is 4.76. The molecule has 3 heteroatoms. The Balaban J connectivity index is 2.11. The monoisotopic (exact) mass is 214 g/mol. The molecule has 0 bridgehead atoms.